The van der Waals surface area contributed by atoms with E-state index in [0.29, 0.717) is 22.0 Å². The number of carbonyl (C=O) groups is 4. The Morgan fingerprint density at radius 2 is 1.91 bits per heavy atom. The number of nitrogens with one attached hydrogen (secondary N) is 1. The number of amides is 3. The van der Waals surface area contributed by atoms with E-state index in [0.717, 1.165) is 0 Å². The van der Waals surface area contributed by atoms with E-state index in [1.807, 2.05) is 0 Å². The summed E-state index contributed by atoms with van der Waals surface area (Å²) >= 11 is 1.90. The minimum absolute atomic E-state index is 0.0827. The Balaban J connectivity index is 2.03. The molecule has 5 N–H and O–H groups in total. The summed E-state index contributed by atoms with van der Waals surface area (Å²) in [5, 5.41) is 4.23. The number of ether oxygens (including phenoxy) is 1. The highest BCUT2D eigenvalue weighted by Crippen LogP contribution is 2.32. The van der Waals surface area contributed by atoms with Crippen molar-refractivity contribution < 1.29 is 28.3 Å². The first-order valence-corrected chi connectivity index (χ1v) is 11.9. The van der Waals surface area contributed by atoms with Gasteiger partial charge in [-0.25, -0.2) is 4.39 Å². The largest absolute Gasteiger partial charge is 0.465 e. The minimum atomic E-state index is -1.18. The summed E-state index contributed by atoms with van der Waals surface area (Å²) in [7, 11) is 0. The zero-order chi connectivity index (χ0) is 25.5. The highest BCUT2D eigenvalue weighted by Gasteiger charge is 2.35. The predicted octanol–water partition coefficient (Wildman–Crippen LogP) is 2.09. The standard InChI is InChI=1S/C22H22FN5O5S2/c1-2-33-15(29)10-26-21(31)18(14-4-3-9-34-14)28(11-12-5-7-13(23)8-6-12)22(32)19-16(24)17(20(25)30)27-35-19/h3-9,18H,2,10-11,24H2,1H3,(H2,25,30)(H,26,31)/t18-/m0/s1. The molecule has 0 bridgehead atoms. The smallest absolute Gasteiger partial charge is 0.325 e. The molecule has 2 heterocycles. The van der Waals surface area contributed by atoms with Crippen molar-refractivity contribution in [3.05, 3.63) is 68.6 Å². The average Bonchev–Trinajstić information content (AvgIpc) is 3.48. The molecule has 35 heavy (non-hydrogen) atoms. The predicted molar refractivity (Wildman–Crippen MR) is 128 cm³/mol. The van der Waals surface area contributed by atoms with E-state index in [1.54, 1.807) is 24.4 Å². The third-order valence-corrected chi connectivity index (χ3v) is 6.54. The molecule has 0 aliphatic rings. The van der Waals surface area contributed by atoms with Crippen LogP contribution in [0, 0.1) is 5.82 Å². The maximum atomic E-state index is 13.7. The van der Waals surface area contributed by atoms with Gasteiger partial charge in [0.05, 0.1) is 12.3 Å². The maximum Gasteiger partial charge on any atom is 0.325 e. The van der Waals surface area contributed by atoms with E-state index in [9.17, 15) is 23.6 Å². The molecule has 3 aromatic rings. The molecule has 3 amide bonds. The van der Waals surface area contributed by atoms with E-state index in [4.69, 9.17) is 16.2 Å². The number of nitrogens with two attached hydrogens (primary N) is 2. The summed E-state index contributed by atoms with van der Waals surface area (Å²) in [6, 6.07) is 7.59. The SMILES string of the molecule is CCOC(=O)CNC(=O)[C@H](c1cccs1)N(Cc1ccc(F)cc1)C(=O)c1snc(C(N)=O)c1N. The lowest BCUT2D eigenvalue weighted by atomic mass is 10.1. The molecule has 3 rings (SSSR count). The van der Waals surface area contributed by atoms with Gasteiger partial charge in [0.15, 0.2) is 5.69 Å². The lowest BCUT2D eigenvalue weighted by molar-refractivity contribution is -0.143. The zero-order valence-electron chi connectivity index (χ0n) is 18.5. The van der Waals surface area contributed by atoms with Crippen molar-refractivity contribution in [2.75, 3.05) is 18.9 Å². The van der Waals surface area contributed by atoms with Gasteiger partial charge < -0.3 is 26.4 Å². The fourth-order valence-electron chi connectivity index (χ4n) is 3.17. The Kier molecular flexibility index (Phi) is 8.49. The van der Waals surface area contributed by atoms with Gasteiger partial charge in [0.1, 0.15) is 23.3 Å². The third kappa shape index (κ3) is 6.19. The summed E-state index contributed by atoms with van der Waals surface area (Å²) in [6.07, 6.45) is 0. The number of halogens is 1. The maximum absolute atomic E-state index is 13.7. The summed E-state index contributed by atoms with van der Waals surface area (Å²) in [5.41, 5.74) is 11.3. The van der Waals surface area contributed by atoms with E-state index in [1.165, 1.54) is 40.5 Å². The number of thiophene rings is 1. The second kappa shape index (κ2) is 11.5. The van der Waals surface area contributed by atoms with Crippen molar-refractivity contribution in [3.8, 4) is 0 Å². The highest BCUT2D eigenvalue weighted by molar-refractivity contribution is 7.10. The van der Waals surface area contributed by atoms with Crippen LogP contribution in [0.4, 0.5) is 10.1 Å². The third-order valence-electron chi connectivity index (χ3n) is 4.77. The number of hydrogen-bond donors (Lipinski definition) is 3. The van der Waals surface area contributed by atoms with Crippen LogP contribution >= 0.6 is 22.9 Å². The number of primary amides is 1. The summed E-state index contributed by atoms with van der Waals surface area (Å²) in [6.45, 7) is 1.27. The van der Waals surface area contributed by atoms with Gasteiger partial charge in [-0.1, -0.05) is 18.2 Å². The van der Waals surface area contributed by atoms with Crippen LogP contribution in [0.3, 0.4) is 0 Å². The van der Waals surface area contributed by atoms with Crippen LogP contribution in [0.15, 0.2) is 41.8 Å². The van der Waals surface area contributed by atoms with Gasteiger partial charge in [0.2, 0.25) is 5.91 Å². The molecule has 0 aliphatic heterocycles. The first-order valence-electron chi connectivity index (χ1n) is 10.3. The number of esters is 1. The van der Waals surface area contributed by atoms with Crippen molar-refractivity contribution >= 4 is 52.2 Å². The van der Waals surface area contributed by atoms with Crippen LogP contribution in [0.2, 0.25) is 0 Å². The van der Waals surface area contributed by atoms with E-state index < -0.39 is 42.1 Å². The molecule has 0 unspecified atom stereocenters. The molecular weight excluding hydrogens is 497 g/mol. The average molecular weight is 520 g/mol. The Labute approximate surface area is 207 Å². The van der Waals surface area contributed by atoms with Crippen LogP contribution in [0.25, 0.3) is 0 Å². The minimum Gasteiger partial charge on any atom is -0.465 e. The molecule has 184 valence electrons. The van der Waals surface area contributed by atoms with Gasteiger partial charge in [-0.3, -0.25) is 19.2 Å². The lowest BCUT2D eigenvalue weighted by Gasteiger charge is -2.30. The quantitative estimate of drug-likeness (QED) is 0.346. The second-order valence-electron chi connectivity index (χ2n) is 7.14. The number of benzene rings is 1. The lowest BCUT2D eigenvalue weighted by Crippen LogP contribution is -2.44. The normalized spacial score (nSPS) is 11.5. The topological polar surface area (TPSA) is 158 Å². The fourth-order valence-corrected chi connectivity index (χ4v) is 4.76. The number of nitrogen functional groups attached to an aromatic ring is 1. The monoisotopic (exact) mass is 519 g/mol. The van der Waals surface area contributed by atoms with Crippen molar-refractivity contribution in [2.24, 2.45) is 5.73 Å². The Morgan fingerprint density at radius 1 is 1.20 bits per heavy atom. The van der Waals surface area contributed by atoms with Crippen molar-refractivity contribution in [2.45, 2.75) is 19.5 Å². The molecule has 0 aliphatic carbocycles. The summed E-state index contributed by atoms with van der Waals surface area (Å²) < 4.78 is 22.2. The number of anilines is 1. The fraction of sp³-hybridized carbons (Fsp3) is 0.227. The summed E-state index contributed by atoms with van der Waals surface area (Å²) in [5.74, 6) is -3.34. The molecular formula is C22H22FN5O5S2. The molecule has 13 heteroatoms. The van der Waals surface area contributed by atoms with Gasteiger partial charge in [-0.05, 0) is 47.6 Å². The van der Waals surface area contributed by atoms with E-state index in [-0.39, 0.29) is 29.4 Å². The van der Waals surface area contributed by atoms with Crippen LogP contribution in [0.5, 0.6) is 0 Å². The molecule has 0 saturated carbocycles. The number of nitrogens with zero attached hydrogens (tertiary/aromatic N) is 2. The molecule has 0 radical (unpaired) electrons. The van der Waals surface area contributed by atoms with Crippen molar-refractivity contribution in [1.82, 2.24) is 14.6 Å². The van der Waals surface area contributed by atoms with E-state index in [2.05, 4.69) is 9.69 Å². The Hall–Kier alpha value is -3.84. The molecule has 0 spiro atoms. The number of aromatic nitrogens is 1. The van der Waals surface area contributed by atoms with Gasteiger partial charge in [-0.2, -0.15) is 4.37 Å². The summed E-state index contributed by atoms with van der Waals surface area (Å²) in [4.78, 5) is 52.0. The van der Waals surface area contributed by atoms with Gasteiger partial charge in [-0.15, -0.1) is 11.3 Å². The molecule has 2 aromatic heterocycles. The number of carbonyl (C=O) groups excluding carboxylic acids is 4. The van der Waals surface area contributed by atoms with Crippen molar-refractivity contribution in [3.63, 3.8) is 0 Å². The molecule has 1 aromatic carbocycles. The van der Waals surface area contributed by atoms with Gasteiger partial charge >= 0.3 is 5.97 Å². The first kappa shape index (κ1) is 25.8. The zero-order valence-corrected chi connectivity index (χ0v) is 20.2. The second-order valence-corrected chi connectivity index (χ2v) is 8.89. The van der Waals surface area contributed by atoms with E-state index >= 15 is 0 Å². The van der Waals surface area contributed by atoms with Crippen LogP contribution in [-0.2, 0) is 20.9 Å². The Morgan fingerprint density at radius 3 is 2.49 bits per heavy atom. The first-order chi connectivity index (χ1) is 16.7. The van der Waals surface area contributed by atoms with Crippen LogP contribution < -0.4 is 16.8 Å². The van der Waals surface area contributed by atoms with Gasteiger partial charge in [0.25, 0.3) is 11.8 Å². The van der Waals surface area contributed by atoms with Crippen molar-refractivity contribution in [1.29, 1.82) is 0 Å². The molecule has 10 nitrogen and oxygen atoms in total. The molecule has 1 atom stereocenters. The van der Waals surface area contributed by atoms with Crippen LogP contribution in [-0.4, -0.2) is 46.1 Å². The highest BCUT2D eigenvalue weighted by atomic mass is 32.1. The molecule has 0 fully saturated rings. The van der Waals surface area contributed by atoms with Crippen LogP contribution in [0.1, 0.15) is 43.6 Å². The van der Waals surface area contributed by atoms with Gasteiger partial charge in [0, 0.05) is 11.4 Å². The number of rotatable bonds is 10. The number of hydrogen-bond acceptors (Lipinski definition) is 9. The Bertz CT molecular complexity index is 1210. The molecule has 0 saturated heterocycles.